The number of rotatable bonds is 8. The van der Waals surface area contributed by atoms with Gasteiger partial charge in [-0.2, -0.15) is 5.10 Å². The molecule has 0 unspecified atom stereocenters. The Labute approximate surface area is 275 Å². The first-order valence-electron chi connectivity index (χ1n) is 15.0. The number of para-hydroxylation sites is 1. The highest BCUT2D eigenvalue weighted by Crippen LogP contribution is 2.35. The summed E-state index contributed by atoms with van der Waals surface area (Å²) < 4.78 is 1.23. The van der Waals surface area contributed by atoms with E-state index in [-0.39, 0.29) is 34.7 Å². The minimum Gasteiger partial charge on any atom is -0.478 e. The minimum absolute atomic E-state index is 0.00421. The third-order valence-corrected chi connectivity index (χ3v) is 8.89. The Morgan fingerprint density at radius 3 is 2.47 bits per heavy atom. The SMILES string of the molecule is Cc1ccc(CNC(=O)c2cc(C(=O)N[C@H]3CCc4c3ccc(C(=O)O)c4C)n3ncc(C(=O)Nc4ccccc4Cl)c3n2)cc1C. The van der Waals surface area contributed by atoms with Gasteiger partial charge in [0.1, 0.15) is 17.0 Å². The molecule has 0 spiro atoms. The smallest absolute Gasteiger partial charge is 0.335 e. The number of carbonyl (C=O) groups excluding carboxylic acids is 3. The van der Waals surface area contributed by atoms with Crippen LogP contribution in [0.1, 0.15) is 87.5 Å². The lowest BCUT2D eigenvalue weighted by Crippen LogP contribution is -2.31. The van der Waals surface area contributed by atoms with Gasteiger partial charge >= 0.3 is 5.97 Å². The molecule has 0 saturated heterocycles. The number of anilines is 1. The van der Waals surface area contributed by atoms with Crippen LogP contribution >= 0.6 is 11.6 Å². The first-order valence-corrected chi connectivity index (χ1v) is 15.3. The number of aromatic nitrogens is 3. The van der Waals surface area contributed by atoms with E-state index in [2.05, 4.69) is 26.0 Å². The summed E-state index contributed by atoms with van der Waals surface area (Å²) in [5.74, 6) is -2.66. The Balaban J connectivity index is 1.34. The fourth-order valence-corrected chi connectivity index (χ4v) is 6.02. The van der Waals surface area contributed by atoms with Crippen LogP contribution in [0.25, 0.3) is 5.65 Å². The molecule has 0 radical (unpaired) electrons. The number of amides is 3. The van der Waals surface area contributed by atoms with Crippen LogP contribution in [0.2, 0.25) is 5.02 Å². The summed E-state index contributed by atoms with van der Waals surface area (Å²) in [7, 11) is 0. The van der Waals surface area contributed by atoms with Crippen molar-refractivity contribution in [2.75, 3.05) is 5.32 Å². The lowest BCUT2D eigenvalue weighted by atomic mass is 9.98. The molecular formula is C35H31ClN6O5. The fourth-order valence-electron chi connectivity index (χ4n) is 5.83. The molecule has 0 bridgehead atoms. The van der Waals surface area contributed by atoms with Crippen LogP contribution in [-0.2, 0) is 13.0 Å². The number of carbonyl (C=O) groups is 4. The van der Waals surface area contributed by atoms with Crippen LogP contribution in [0, 0.1) is 20.8 Å². The molecule has 1 aliphatic rings. The lowest BCUT2D eigenvalue weighted by Gasteiger charge is -2.16. The van der Waals surface area contributed by atoms with Gasteiger partial charge in [-0.15, -0.1) is 0 Å². The molecule has 2 heterocycles. The van der Waals surface area contributed by atoms with Gasteiger partial charge in [-0.05, 0) is 85.2 Å². The topological polar surface area (TPSA) is 155 Å². The van der Waals surface area contributed by atoms with Crippen LogP contribution in [0.4, 0.5) is 5.69 Å². The Kier molecular flexibility index (Phi) is 8.48. The second-order valence-electron chi connectivity index (χ2n) is 11.5. The van der Waals surface area contributed by atoms with Gasteiger partial charge in [0, 0.05) is 12.6 Å². The van der Waals surface area contributed by atoms with Crippen molar-refractivity contribution in [2.45, 2.75) is 46.2 Å². The van der Waals surface area contributed by atoms with E-state index in [4.69, 9.17) is 11.6 Å². The van der Waals surface area contributed by atoms with E-state index in [0.717, 1.165) is 27.8 Å². The zero-order valence-corrected chi connectivity index (χ0v) is 26.6. The Hall–Kier alpha value is -5.55. The molecule has 0 saturated carbocycles. The quantitative estimate of drug-likeness (QED) is 0.170. The number of carboxylic acid groups (broad SMARTS) is 1. The minimum atomic E-state index is -1.01. The van der Waals surface area contributed by atoms with Crippen molar-refractivity contribution < 1.29 is 24.3 Å². The zero-order chi connectivity index (χ0) is 33.4. The monoisotopic (exact) mass is 650 g/mol. The highest BCUT2D eigenvalue weighted by molar-refractivity contribution is 6.34. The number of aromatic carboxylic acids is 1. The Morgan fingerprint density at radius 1 is 0.936 bits per heavy atom. The number of nitrogens with zero attached hydrogens (tertiary/aromatic N) is 3. The summed E-state index contributed by atoms with van der Waals surface area (Å²) >= 11 is 6.25. The molecule has 6 rings (SSSR count). The molecule has 47 heavy (non-hydrogen) atoms. The summed E-state index contributed by atoms with van der Waals surface area (Å²) in [5.41, 5.74) is 6.06. The molecule has 5 aromatic rings. The number of hydrogen-bond donors (Lipinski definition) is 4. The molecule has 3 amide bonds. The van der Waals surface area contributed by atoms with E-state index in [9.17, 15) is 24.3 Å². The fraction of sp³-hybridized carbons (Fsp3) is 0.200. The number of nitrogens with one attached hydrogen (secondary N) is 3. The molecule has 3 aromatic carbocycles. The largest absolute Gasteiger partial charge is 0.478 e. The summed E-state index contributed by atoms with van der Waals surface area (Å²) in [6.45, 7) is 5.99. The zero-order valence-electron chi connectivity index (χ0n) is 25.8. The normalized spacial score (nSPS) is 13.7. The van der Waals surface area contributed by atoms with E-state index in [1.165, 1.54) is 16.8 Å². The van der Waals surface area contributed by atoms with Crippen LogP contribution in [0.5, 0.6) is 0 Å². The maximum atomic E-state index is 13.9. The summed E-state index contributed by atoms with van der Waals surface area (Å²) in [4.78, 5) is 56.8. The van der Waals surface area contributed by atoms with Crippen molar-refractivity contribution in [2.24, 2.45) is 0 Å². The van der Waals surface area contributed by atoms with E-state index in [0.29, 0.717) is 29.1 Å². The van der Waals surface area contributed by atoms with Crippen LogP contribution in [-0.4, -0.2) is 43.4 Å². The highest BCUT2D eigenvalue weighted by atomic mass is 35.5. The van der Waals surface area contributed by atoms with Crippen molar-refractivity contribution in [3.63, 3.8) is 0 Å². The first-order chi connectivity index (χ1) is 22.5. The maximum absolute atomic E-state index is 13.9. The predicted molar refractivity (Wildman–Crippen MR) is 176 cm³/mol. The van der Waals surface area contributed by atoms with Gasteiger partial charge in [0.15, 0.2) is 5.65 Å². The number of aryl methyl sites for hydroxylation is 2. The van der Waals surface area contributed by atoms with Gasteiger partial charge in [-0.3, -0.25) is 14.4 Å². The molecule has 4 N–H and O–H groups in total. The van der Waals surface area contributed by atoms with Crippen molar-refractivity contribution >= 4 is 46.6 Å². The lowest BCUT2D eigenvalue weighted by molar-refractivity contribution is 0.0695. The molecule has 1 atom stereocenters. The van der Waals surface area contributed by atoms with Crippen LogP contribution in [0.3, 0.4) is 0 Å². The number of hydrogen-bond acceptors (Lipinski definition) is 6. The van der Waals surface area contributed by atoms with Crippen molar-refractivity contribution in [1.82, 2.24) is 25.2 Å². The molecule has 12 heteroatoms. The van der Waals surface area contributed by atoms with Gasteiger partial charge in [0.25, 0.3) is 17.7 Å². The van der Waals surface area contributed by atoms with Gasteiger partial charge in [-0.25, -0.2) is 14.3 Å². The standard InChI is InChI=1S/C35H31ClN6O5/c1-18-8-9-21(14-19(18)2)16-37-33(44)29-15-30(34(45)40-27-13-12-22-20(3)23(35(46)47)10-11-24(22)27)42-31(39-29)25(17-38-42)32(43)41-28-7-5-4-6-26(28)36/h4-11,14-15,17,27H,12-13,16H2,1-3H3,(H,37,44)(H,40,45)(H,41,43)(H,46,47)/t27-/m0/s1. The molecular weight excluding hydrogens is 620 g/mol. The second kappa shape index (κ2) is 12.7. The first kappa shape index (κ1) is 31.4. The Morgan fingerprint density at radius 2 is 1.72 bits per heavy atom. The number of halogens is 1. The molecule has 11 nitrogen and oxygen atoms in total. The third kappa shape index (κ3) is 6.17. The van der Waals surface area contributed by atoms with E-state index in [1.807, 2.05) is 32.0 Å². The second-order valence-corrected chi connectivity index (χ2v) is 11.9. The van der Waals surface area contributed by atoms with Gasteiger partial charge in [0.05, 0.1) is 28.5 Å². The summed E-state index contributed by atoms with van der Waals surface area (Å²) in [6, 6.07) is 16.8. The van der Waals surface area contributed by atoms with E-state index >= 15 is 0 Å². The number of benzene rings is 3. The van der Waals surface area contributed by atoms with Crippen LogP contribution in [0.15, 0.2) is 66.9 Å². The highest BCUT2D eigenvalue weighted by Gasteiger charge is 2.29. The summed E-state index contributed by atoms with van der Waals surface area (Å²) in [6.07, 6.45) is 2.44. The van der Waals surface area contributed by atoms with Crippen molar-refractivity contribution in [3.05, 3.63) is 128 Å². The number of carboxylic acids is 1. The van der Waals surface area contributed by atoms with E-state index < -0.39 is 29.7 Å². The van der Waals surface area contributed by atoms with Gasteiger partial charge in [0.2, 0.25) is 0 Å². The molecule has 1 aliphatic carbocycles. The van der Waals surface area contributed by atoms with Gasteiger partial charge < -0.3 is 21.1 Å². The van der Waals surface area contributed by atoms with Crippen molar-refractivity contribution in [3.8, 4) is 0 Å². The van der Waals surface area contributed by atoms with Crippen LogP contribution < -0.4 is 16.0 Å². The van der Waals surface area contributed by atoms with Gasteiger partial charge in [-0.1, -0.05) is 48.0 Å². The Bertz CT molecular complexity index is 2110. The predicted octanol–water partition coefficient (Wildman–Crippen LogP) is 5.61. The maximum Gasteiger partial charge on any atom is 0.335 e. The third-order valence-electron chi connectivity index (χ3n) is 8.56. The van der Waals surface area contributed by atoms with E-state index in [1.54, 1.807) is 43.3 Å². The molecule has 0 fully saturated rings. The van der Waals surface area contributed by atoms with Crippen molar-refractivity contribution in [1.29, 1.82) is 0 Å². The molecule has 0 aliphatic heterocycles. The molecule has 2 aromatic heterocycles. The summed E-state index contributed by atoms with van der Waals surface area (Å²) in [5, 5.41) is 22.8. The average molecular weight is 651 g/mol. The average Bonchev–Trinajstić information content (AvgIpc) is 3.67. The molecule has 238 valence electrons. The number of fused-ring (bicyclic) bond motifs is 2.